The normalized spacial score (nSPS) is 11.8. The van der Waals surface area contributed by atoms with Gasteiger partial charge in [0, 0.05) is 21.8 Å². The highest BCUT2D eigenvalue weighted by molar-refractivity contribution is 9.10. The Morgan fingerprint density at radius 1 is 1.05 bits per heavy atom. The monoisotopic (exact) mass is 335 g/mol. The average molecular weight is 336 g/mol. The van der Waals surface area contributed by atoms with E-state index in [0.717, 1.165) is 27.2 Å². The Bertz CT molecular complexity index is 586. The SMILES string of the molecule is COc1cc(Br)cc(NC(C)c2ccccc2OC)c1. The number of nitrogens with one attached hydrogen (secondary N) is 1. The fourth-order valence-corrected chi connectivity index (χ4v) is 2.59. The molecule has 2 rings (SSSR count). The first-order chi connectivity index (χ1) is 9.63. The van der Waals surface area contributed by atoms with E-state index in [1.165, 1.54) is 0 Å². The van der Waals surface area contributed by atoms with Gasteiger partial charge in [0.25, 0.3) is 0 Å². The summed E-state index contributed by atoms with van der Waals surface area (Å²) < 4.78 is 11.7. The van der Waals surface area contributed by atoms with Crippen LogP contribution in [-0.2, 0) is 0 Å². The summed E-state index contributed by atoms with van der Waals surface area (Å²) in [4.78, 5) is 0. The molecule has 0 spiro atoms. The van der Waals surface area contributed by atoms with E-state index in [1.807, 2.05) is 36.4 Å². The lowest BCUT2D eigenvalue weighted by atomic mass is 10.1. The van der Waals surface area contributed by atoms with Gasteiger partial charge in [-0.15, -0.1) is 0 Å². The molecule has 0 amide bonds. The summed E-state index contributed by atoms with van der Waals surface area (Å²) >= 11 is 3.48. The van der Waals surface area contributed by atoms with E-state index < -0.39 is 0 Å². The van der Waals surface area contributed by atoms with Crippen LogP contribution in [0.2, 0.25) is 0 Å². The van der Waals surface area contributed by atoms with Crippen molar-refractivity contribution in [2.24, 2.45) is 0 Å². The van der Waals surface area contributed by atoms with Gasteiger partial charge >= 0.3 is 0 Å². The van der Waals surface area contributed by atoms with Crippen LogP contribution < -0.4 is 14.8 Å². The number of methoxy groups -OCH3 is 2. The van der Waals surface area contributed by atoms with Gasteiger partial charge in [0.1, 0.15) is 11.5 Å². The number of rotatable bonds is 5. The number of hydrogen-bond acceptors (Lipinski definition) is 3. The molecule has 0 bridgehead atoms. The van der Waals surface area contributed by atoms with Crippen molar-refractivity contribution in [1.29, 1.82) is 0 Å². The first kappa shape index (κ1) is 14.7. The third kappa shape index (κ3) is 3.45. The molecule has 106 valence electrons. The quantitative estimate of drug-likeness (QED) is 0.863. The van der Waals surface area contributed by atoms with Crippen molar-refractivity contribution in [2.45, 2.75) is 13.0 Å². The molecule has 0 heterocycles. The van der Waals surface area contributed by atoms with Crippen LogP contribution in [0.25, 0.3) is 0 Å². The van der Waals surface area contributed by atoms with Crippen LogP contribution in [0.3, 0.4) is 0 Å². The lowest BCUT2D eigenvalue weighted by molar-refractivity contribution is 0.408. The van der Waals surface area contributed by atoms with E-state index in [-0.39, 0.29) is 6.04 Å². The van der Waals surface area contributed by atoms with Gasteiger partial charge in [-0.25, -0.2) is 0 Å². The number of benzene rings is 2. The van der Waals surface area contributed by atoms with Gasteiger partial charge < -0.3 is 14.8 Å². The van der Waals surface area contributed by atoms with Crippen LogP contribution in [0.5, 0.6) is 11.5 Å². The zero-order valence-electron chi connectivity index (χ0n) is 11.8. The molecule has 0 aliphatic heterocycles. The molecule has 1 N–H and O–H groups in total. The Morgan fingerprint density at radius 3 is 2.50 bits per heavy atom. The fraction of sp³-hybridized carbons (Fsp3) is 0.250. The summed E-state index contributed by atoms with van der Waals surface area (Å²) in [6.45, 7) is 2.10. The maximum atomic E-state index is 5.40. The molecule has 1 unspecified atom stereocenters. The summed E-state index contributed by atoms with van der Waals surface area (Å²) in [5.74, 6) is 1.70. The zero-order valence-corrected chi connectivity index (χ0v) is 13.4. The molecule has 0 aromatic heterocycles. The maximum absolute atomic E-state index is 5.40. The molecule has 0 aliphatic carbocycles. The summed E-state index contributed by atoms with van der Waals surface area (Å²) in [6.07, 6.45) is 0. The standard InChI is InChI=1S/C16H18BrNO2/c1-11(15-6-4-5-7-16(15)20-3)18-13-8-12(17)9-14(10-13)19-2/h4-11,18H,1-3H3. The van der Waals surface area contributed by atoms with Gasteiger partial charge in [-0.1, -0.05) is 34.1 Å². The molecular weight excluding hydrogens is 318 g/mol. The molecule has 2 aromatic carbocycles. The molecule has 2 aromatic rings. The molecule has 1 atom stereocenters. The third-order valence-corrected chi connectivity index (χ3v) is 3.55. The number of para-hydroxylation sites is 1. The van der Waals surface area contributed by atoms with E-state index in [1.54, 1.807) is 14.2 Å². The lowest BCUT2D eigenvalue weighted by Gasteiger charge is -2.19. The minimum Gasteiger partial charge on any atom is -0.497 e. The third-order valence-electron chi connectivity index (χ3n) is 3.10. The second-order valence-corrected chi connectivity index (χ2v) is 5.40. The fourth-order valence-electron chi connectivity index (χ4n) is 2.12. The molecular formula is C16H18BrNO2. The van der Waals surface area contributed by atoms with Crippen molar-refractivity contribution < 1.29 is 9.47 Å². The second kappa shape index (κ2) is 6.66. The second-order valence-electron chi connectivity index (χ2n) is 4.49. The summed E-state index contributed by atoms with van der Waals surface area (Å²) in [7, 11) is 3.35. The van der Waals surface area contributed by atoms with Crippen molar-refractivity contribution in [3.8, 4) is 11.5 Å². The summed E-state index contributed by atoms with van der Waals surface area (Å²) in [5.41, 5.74) is 2.11. The van der Waals surface area contributed by atoms with Gasteiger partial charge in [0.2, 0.25) is 0 Å². The first-order valence-electron chi connectivity index (χ1n) is 6.38. The minimum atomic E-state index is 0.130. The van der Waals surface area contributed by atoms with Gasteiger partial charge in [0.15, 0.2) is 0 Å². The van der Waals surface area contributed by atoms with Crippen LogP contribution in [0, 0.1) is 0 Å². The number of halogens is 1. The van der Waals surface area contributed by atoms with E-state index >= 15 is 0 Å². The number of hydrogen-bond donors (Lipinski definition) is 1. The van der Waals surface area contributed by atoms with E-state index in [9.17, 15) is 0 Å². The molecule has 3 nitrogen and oxygen atoms in total. The van der Waals surface area contributed by atoms with E-state index in [0.29, 0.717) is 0 Å². The van der Waals surface area contributed by atoms with Crippen LogP contribution in [0.4, 0.5) is 5.69 Å². The highest BCUT2D eigenvalue weighted by Gasteiger charge is 2.11. The van der Waals surface area contributed by atoms with Gasteiger partial charge in [-0.3, -0.25) is 0 Å². The highest BCUT2D eigenvalue weighted by Crippen LogP contribution is 2.30. The lowest BCUT2D eigenvalue weighted by Crippen LogP contribution is -2.08. The van der Waals surface area contributed by atoms with Crippen LogP contribution in [-0.4, -0.2) is 14.2 Å². The smallest absolute Gasteiger partial charge is 0.124 e. The predicted molar refractivity (Wildman–Crippen MR) is 85.7 cm³/mol. The molecule has 0 aliphatic rings. The summed E-state index contributed by atoms with van der Waals surface area (Å²) in [5, 5.41) is 3.46. The zero-order chi connectivity index (χ0) is 14.5. The first-order valence-corrected chi connectivity index (χ1v) is 7.17. The predicted octanol–water partition coefficient (Wildman–Crippen LogP) is 4.64. The maximum Gasteiger partial charge on any atom is 0.124 e. The van der Waals surface area contributed by atoms with Crippen LogP contribution in [0.15, 0.2) is 46.9 Å². The van der Waals surface area contributed by atoms with Crippen molar-refractivity contribution >= 4 is 21.6 Å². The Morgan fingerprint density at radius 2 is 1.80 bits per heavy atom. The van der Waals surface area contributed by atoms with Crippen molar-refractivity contribution in [1.82, 2.24) is 0 Å². The average Bonchev–Trinajstić information content (AvgIpc) is 2.46. The molecule has 0 saturated heterocycles. The number of ether oxygens (including phenoxy) is 2. The Balaban J connectivity index is 2.23. The molecule has 0 fully saturated rings. The van der Waals surface area contributed by atoms with Crippen LogP contribution in [0.1, 0.15) is 18.5 Å². The van der Waals surface area contributed by atoms with Gasteiger partial charge in [-0.2, -0.15) is 0 Å². The Labute approximate surface area is 128 Å². The molecule has 4 heteroatoms. The molecule has 20 heavy (non-hydrogen) atoms. The van der Waals surface area contributed by atoms with E-state index in [2.05, 4.69) is 34.2 Å². The highest BCUT2D eigenvalue weighted by atomic mass is 79.9. The Hall–Kier alpha value is -1.68. The van der Waals surface area contributed by atoms with Crippen LogP contribution >= 0.6 is 15.9 Å². The minimum absolute atomic E-state index is 0.130. The van der Waals surface area contributed by atoms with Gasteiger partial charge in [0.05, 0.1) is 20.3 Å². The molecule has 0 radical (unpaired) electrons. The van der Waals surface area contributed by atoms with E-state index in [4.69, 9.17) is 9.47 Å². The molecule has 0 saturated carbocycles. The summed E-state index contributed by atoms with van der Waals surface area (Å²) in [6, 6.07) is 14.1. The topological polar surface area (TPSA) is 30.5 Å². The van der Waals surface area contributed by atoms with Gasteiger partial charge in [-0.05, 0) is 25.1 Å². The van der Waals surface area contributed by atoms with Crippen molar-refractivity contribution in [3.63, 3.8) is 0 Å². The van der Waals surface area contributed by atoms with Crippen molar-refractivity contribution in [2.75, 3.05) is 19.5 Å². The number of anilines is 1. The van der Waals surface area contributed by atoms with Crippen molar-refractivity contribution in [3.05, 3.63) is 52.5 Å². The Kier molecular flexibility index (Phi) is 4.90. The largest absolute Gasteiger partial charge is 0.497 e.